The Hall–Kier alpha value is -2.39. The maximum Gasteiger partial charge on any atom is 0.410 e. The monoisotopic (exact) mass is 416 g/mol. The molecule has 0 aliphatic carbocycles. The second-order valence-corrected chi connectivity index (χ2v) is 8.05. The van der Waals surface area contributed by atoms with E-state index in [9.17, 15) is 18.4 Å². The van der Waals surface area contributed by atoms with E-state index in [1.165, 1.54) is 23.7 Å². The largest absolute Gasteiger partial charge is 0.453 e. The maximum absolute atomic E-state index is 14.5. The van der Waals surface area contributed by atoms with Gasteiger partial charge in [-0.25, -0.2) is 9.59 Å². The second kappa shape index (κ2) is 8.96. The van der Waals surface area contributed by atoms with Crippen LogP contribution in [0.3, 0.4) is 0 Å². The van der Waals surface area contributed by atoms with Gasteiger partial charge in [-0.3, -0.25) is 4.68 Å². The molecule has 0 fully saturated rings. The van der Waals surface area contributed by atoms with Crippen LogP contribution in [0.15, 0.2) is 0 Å². The fourth-order valence-electron chi connectivity index (χ4n) is 3.31. The van der Waals surface area contributed by atoms with Crippen LogP contribution in [0.5, 0.6) is 0 Å². The van der Waals surface area contributed by atoms with Crippen molar-refractivity contribution in [3.8, 4) is 0 Å². The predicted octanol–water partition coefficient (Wildman–Crippen LogP) is 3.42. The number of hydrogen-bond donors (Lipinski definition) is 1. The molecule has 3 heterocycles. The van der Waals surface area contributed by atoms with Gasteiger partial charge in [0.05, 0.1) is 19.3 Å². The van der Waals surface area contributed by atoms with Gasteiger partial charge in [0.1, 0.15) is 11.3 Å². The number of carbonyl (C=O) groups is 2. The van der Waals surface area contributed by atoms with Crippen LogP contribution in [0.1, 0.15) is 57.0 Å². The standard InChI is InChI=1S/C16H23F2N3O2.C3H7NO2/c1-15(2,3)23-14(22)20-9-6-12-11(10-20)13-16(17,18)7-4-5-8-21(13)19-12;1-4-3(5)6-2/h4-10H2,1-3H3;1-2H3,(H,4,5). The smallest absolute Gasteiger partial charge is 0.410 e. The molecule has 0 atom stereocenters. The first-order chi connectivity index (χ1) is 13.5. The number of alkyl carbamates (subject to hydrolysis) is 1. The number of methoxy groups -OCH3 is 1. The van der Waals surface area contributed by atoms with Crippen LogP contribution in [0.25, 0.3) is 0 Å². The molecule has 0 saturated carbocycles. The summed E-state index contributed by atoms with van der Waals surface area (Å²) in [6, 6.07) is 0. The van der Waals surface area contributed by atoms with Crippen LogP contribution in [-0.2, 0) is 34.9 Å². The van der Waals surface area contributed by atoms with E-state index in [-0.39, 0.29) is 18.7 Å². The molecule has 0 saturated heterocycles. The number of halogens is 2. The molecular formula is C19H30F2N4O4. The number of aromatic nitrogens is 2. The highest BCUT2D eigenvalue weighted by molar-refractivity contribution is 5.68. The number of ether oxygens (including phenoxy) is 2. The number of rotatable bonds is 0. The molecule has 2 amide bonds. The quantitative estimate of drug-likeness (QED) is 0.700. The first-order valence-electron chi connectivity index (χ1n) is 9.69. The van der Waals surface area contributed by atoms with Gasteiger partial charge in [-0.15, -0.1) is 0 Å². The Kier molecular flexibility index (Phi) is 7.07. The Labute approximate surface area is 169 Å². The minimum Gasteiger partial charge on any atom is -0.453 e. The van der Waals surface area contributed by atoms with Crippen LogP contribution in [-0.4, -0.2) is 53.2 Å². The van der Waals surface area contributed by atoms with Crippen molar-refractivity contribution in [3.63, 3.8) is 0 Å². The van der Waals surface area contributed by atoms with Crippen LogP contribution < -0.4 is 5.32 Å². The van der Waals surface area contributed by atoms with Gasteiger partial charge in [0.2, 0.25) is 0 Å². The van der Waals surface area contributed by atoms with Crippen molar-refractivity contribution >= 4 is 12.2 Å². The zero-order chi connectivity index (χ0) is 21.8. The lowest BCUT2D eigenvalue weighted by atomic mass is 10.0. The number of fused-ring (bicyclic) bond motifs is 3. The van der Waals surface area contributed by atoms with Gasteiger partial charge in [-0.1, -0.05) is 0 Å². The molecule has 0 aromatic carbocycles. The van der Waals surface area contributed by atoms with Crippen LogP contribution in [0, 0.1) is 0 Å². The van der Waals surface area contributed by atoms with Crippen molar-refractivity contribution in [3.05, 3.63) is 17.0 Å². The minimum absolute atomic E-state index is 0.00161. The van der Waals surface area contributed by atoms with Crippen molar-refractivity contribution in [2.45, 2.75) is 71.1 Å². The molecule has 8 nitrogen and oxygen atoms in total. The van der Waals surface area contributed by atoms with E-state index in [2.05, 4.69) is 15.2 Å². The first kappa shape index (κ1) is 22.9. The zero-order valence-corrected chi connectivity index (χ0v) is 17.7. The van der Waals surface area contributed by atoms with E-state index in [0.29, 0.717) is 43.6 Å². The van der Waals surface area contributed by atoms with Gasteiger partial charge in [-0.2, -0.15) is 13.9 Å². The Balaban J connectivity index is 0.000000438. The number of amides is 2. The third-order valence-corrected chi connectivity index (χ3v) is 4.60. The first-order valence-corrected chi connectivity index (χ1v) is 9.69. The van der Waals surface area contributed by atoms with E-state index >= 15 is 0 Å². The second-order valence-electron chi connectivity index (χ2n) is 8.05. The fraction of sp³-hybridized carbons (Fsp3) is 0.737. The number of hydrogen-bond acceptors (Lipinski definition) is 5. The van der Waals surface area contributed by atoms with Crippen molar-refractivity contribution in [2.24, 2.45) is 0 Å². The van der Waals surface area contributed by atoms with E-state index in [4.69, 9.17) is 4.74 Å². The summed E-state index contributed by atoms with van der Waals surface area (Å²) < 4.78 is 39.9. The molecule has 2 aliphatic rings. The summed E-state index contributed by atoms with van der Waals surface area (Å²) in [6.07, 6.45) is 0.664. The van der Waals surface area contributed by atoms with Crippen LogP contribution >= 0.6 is 0 Å². The maximum atomic E-state index is 14.5. The Morgan fingerprint density at radius 2 is 1.90 bits per heavy atom. The normalized spacial score (nSPS) is 17.7. The third kappa shape index (κ3) is 5.80. The third-order valence-electron chi connectivity index (χ3n) is 4.60. The van der Waals surface area contributed by atoms with Gasteiger partial charge in [0.15, 0.2) is 0 Å². The lowest BCUT2D eigenvalue weighted by Gasteiger charge is -2.30. The molecule has 3 rings (SSSR count). The van der Waals surface area contributed by atoms with Crippen molar-refractivity contribution in [1.29, 1.82) is 0 Å². The summed E-state index contributed by atoms with van der Waals surface area (Å²) >= 11 is 0. The van der Waals surface area contributed by atoms with E-state index in [1.807, 2.05) is 0 Å². The van der Waals surface area contributed by atoms with Crippen molar-refractivity contribution < 1.29 is 27.8 Å². The fourth-order valence-corrected chi connectivity index (χ4v) is 3.31. The molecule has 10 heteroatoms. The molecular weight excluding hydrogens is 386 g/mol. The van der Waals surface area contributed by atoms with Gasteiger partial charge >= 0.3 is 12.2 Å². The summed E-state index contributed by atoms with van der Waals surface area (Å²) in [5.41, 5.74) is 0.602. The number of aryl methyl sites for hydroxylation is 1. The Morgan fingerprint density at radius 1 is 1.21 bits per heavy atom. The zero-order valence-electron chi connectivity index (χ0n) is 17.7. The number of carbonyl (C=O) groups excluding carboxylic acids is 2. The van der Waals surface area contributed by atoms with Crippen molar-refractivity contribution in [1.82, 2.24) is 20.0 Å². The predicted molar refractivity (Wildman–Crippen MR) is 102 cm³/mol. The topological polar surface area (TPSA) is 85.7 Å². The minimum atomic E-state index is -2.88. The lowest BCUT2D eigenvalue weighted by molar-refractivity contribution is -0.0211. The summed E-state index contributed by atoms with van der Waals surface area (Å²) in [6.45, 7) is 6.49. The number of alkyl halides is 2. The Morgan fingerprint density at radius 3 is 2.45 bits per heavy atom. The molecule has 0 bridgehead atoms. The van der Waals surface area contributed by atoms with E-state index in [1.54, 1.807) is 20.8 Å². The van der Waals surface area contributed by atoms with Gasteiger partial charge in [0.25, 0.3) is 5.92 Å². The molecule has 0 radical (unpaired) electrons. The molecule has 1 aromatic rings. The summed E-state index contributed by atoms with van der Waals surface area (Å²) in [5, 5.41) is 6.63. The highest BCUT2D eigenvalue weighted by atomic mass is 19.3. The molecule has 0 unspecified atom stereocenters. The number of nitrogens with one attached hydrogen (secondary N) is 1. The lowest BCUT2D eigenvalue weighted by Crippen LogP contribution is -2.40. The molecule has 0 spiro atoms. The van der Waals surface area contributed by atoms with E-state index in [0.717, 1.165) is 0 Å². The van der Waals surface area contributed by atoms with Gasteiger partial charge in [0, 0.05) is 38.5 Å². The average Bonchev–Trinajstić information content (AvgIpc) is 2.94. The molecule has 2 aliphatic heterocycles. The molecule has 1 N–H and O–H groups in total. The van der Waals surface area contributed by atoms with Crippen LogP contribution in [0.2, 0.25) is 0 Å². The summed E-state index contributed by atoms with van der Waals surface area (Å²) in [5.74, 6) is -2.88. The Bertz CT molecular complexity index is 737. The average molecular weight is 416 g/mol. The SMILES string of the molecule is CC(C)(C)OC(=O)N1CCc2nn3c(c2C1)C(F)(F)CCCC3.CNC(=O)OC. The van der Waals surface area contributed by atoms with Crippen molar-refractivity contribution in [2.75, 3.05) is 20.7 Å². The molecule has 164 valence electrons. The summed E-state index contributed by atoms with van der Waals surface area (Å²) in [7, 11) is 2.82. The van der Waals surface area contributed by atoms with Gasteiger partial charge < -0.3 is 19.7 Å². The van der Waals surface area contributed by atoms with E-state index < -0.39 is 23.7 Å². The van der Waals surface area contributed by atoms with Gasteiger partial charge in [-0.05, 0) is 33.6 Å². The highest BCUT2D eigenvalue weighted by Crippen LogP contribution is 2.40. The highest BCUT2D eigenvalue weighted by Gasteiger charge is 2.42. The molecule has 1 aromatic heterocycles. The summed E-state index contributed by atoms with van der Waals surface area (Å²) in [4.78, 5) is 23.6. The number of nitrogens with zero attached hydrogens (tertiary/aromatic N) is 3. The molecule has 29 heavy (non-hydrogen) atoms. The van der Waals surface area contributed by atoms with Crippen LogP contribution in [0.4, 0.5) is 18.4 Å².